The van der Waals surface area contributed by atoms with Crippen LogP contribution in [-0.4, -0.2) is 5.11 Å². The summed E-state index contributed by atoms with van der Waals surface area (Å²) in [6.45, 7) is 2.09. The second-order valence-corrected chi connectivity index (χ2v) is 6.21. The lowest BCUT2D eigenvalue weighted by atomic mass is 9.95. The van der Waals surface area contributed by atoms with Crippen molar-refractivity contribution >= 4 is 23.0 Å². The Morgan fingerprint density at radius 3 is 2.20 bits per heavy atom. The molecule has 0 saturated carbocycles. The Kier molecular flexibility index (Phi) is 5.41. The van der Waals surface area contributed by atoms with Gasteiger partial charge in [0, 0.05) is 5.69 Å². The van der Waals surface area contributed by atoms with Gasteiger partial charge in [-0.15, -0.1) is 0 Å². The second-order valence-electron chi connectivity index (χ2n) is 5.81. The van der Waals surface area contributed by atoms with Crippen molar-refractivity contribution in [3.63, 3.8) is 0 Å². The van der Waals surface area contributed by atoms with E-state index in [1.54, 1.807) is 12.1 Å². The minimum Gasteiger partial charge on any atom is -0.352 e. The molecule has 0 unspecified atom stereocenters. The van der Waals surface area contributed by atoms with Gasteiger partial charge in [-0.05, 0) is 60.1 Å². The van der Waals surface area contributed by atoms with Crippen LogP contribution in [0.2, 0.25) is 0 Å². The van der Waals surface area contributed by atoms with Gasteiger partial charge in [-0.1, -0.05) is 54.6 Å². The highest BCUT2D eigenvalue weighted by atomic mass is 32.1. The lowest BCUT2D eigenvalue weighted by Crippen LogP contribution is -2.33. The maximum atomic E-state index is 13.0. The quantitative estimate of drug-likeness (QED) is 0.632. The zero-order valence-electron chi connectivity index (χ0n) is 13.9. The topological polar surface area (TPSA) is 24.1 Å². The molecule has 0 bridgehead atoms. The van der Waals surface area contributed by atoms with Crippen molar-refractivity contribution in [3.05, 3.63) is 101 Å². The summed E-state index contributed by atoms with van der Waals surface area (Å²) in [6, 6.07) is 24.5. The van der Waals surface area contributed by atoms with Crippen molar-refractivity contribution in [2.24, 2.45) is 0 Å². The van der Waals surface area contributed by atoms with Gasteiger partial charge in [0.05, 0.1) is 6.04 Å². The molecule has 1 atom stereocenters. The van der Waals surface area contributed by atoms with Gasteiger partial charge in [-0.25, -0.2) is 4.39 Å². The van der Waals surface area contributed by atoms with Gasteiger partial charge in [-0.2, -0.15) is 0 Å². The van der Waals surface area contributed by atoms with E-state index in [1.807, 2.05) is 30.3 Å². The van der Waals surface area contributed by atoms with Crippen LogP contribution in [0.5, 0.6) is 0 Å². The summed E-state index contributed by atoms with van der Waals surface area (Å²) in [5.74, 6) is -0.272. The molecule has 3 aromatic rings. The smallest absolute Gasteiger partial charge is 0.171 e. The molecule has 0 aliphatic rings. The number of halogens is 1. The summed E-state index contributed by atoms with van der Waals surface area (Å²) in [5, 5.41) is 6.98. The fourth-order valence-electron chi connectivity index (χ4n) is 2.73. The van der Waals surface area contributed by atoms with Crippen LogP contribution in [0, 0.1) is 12.7 Å². The molecule has 0 radical (unpaired) electrons. The summed E-state index contributed by atoms with van der Waals surface area (Å²) < 4.78 is 13.0. The average Bonchev–Trinajstić information content (AvgIpc) is 2.63. The number of hydrogen-bond donors (Lipinski definition) is 2. The van der Waals surface area contributed by atoms with E-state index in [0.29, 0.717) is 5.11 Å². The molecule has 4 heteroatoms. The predicted octanol–water partition coefficient (Wildman–Crippen LogP) is 5.21. The van der Waals surface area contributed by atoms with Gasteiger partial charge in [0.25, 0.3) is 0 Å². The average molecular weight is 350 g/mol. The van der Waals surface area contributed by atoms with Crippen LogP contribution in [0.1, 0.15) is 22.7 Å². The van der Waals surface area contributed by atoms with Gasteiger partial charge in [0.15, 0.2) is 5.11 Å². The first-order chi connectivity index (χ1) is 12.1. The minimum absolute atomic E-state index is 0.0668. The molecule has 0 aromatic heterocycles. The van der Waals surface area contributed by atoms with E-state index < -0.39 is 0 Å². The van der Waals surface area contributed by atoms with Crippen LogP contribution in [-0.2, 0) is 0 Å². The summed E-state index contributed by atoms with van der Waals surface area (Å²) >= 11 is 5.47. The summed E-state index contributed by atoms with van der Waals surface area (Å²) in [4.78, 5) is 0. The van der Waals surface area contributed by atoms with Crippen molar-refractivity contribution < 1.29 is 4.39 Å². The third-order valence-electron chi connectivity index (χ3n) is 4.01. The zero-order chi connectivity index (χ0) is 17.6. The highest BCUT2D eigenvalue weighted by Gasteiger charge is 2.16. The number of aryl methyl sites for hydroxylation is 1. The number of rotatable bonds is 4. The van der Waals surface area contributed by atoms with Gasteiger partial charge >= 0.3 is 0 Å². The first kappa shape index (κ1) is 17.1. The molecule has 126 valence electrons. The van der Waals surface area contributed by atoms with E-state index in [2.05, 4.69) is 41.8 Å². The molecule has 0 aliphatic heterocycles. The van der Waals surface area contributed by atoms with Crippen molar-refractivity contribution in [2.75, 3.05) is 5.32 Å². The van der Waals surface area contributed by atoms with Crippen LogP contribution in [0.3, 0.4) is 0 Å². The number of hydrogen-bond acceptors (Lipinski definition) is 1. The van der Waals surface area contributed by atoms with E-state index in [0.717, 1.165) is 16.8 Å². The van der Waals surface area contributed by atoms with Crippen LogP contribution in [0.15, 0.2) is 78.9 Å². The molecule has 0 heterocycles. The maximum Gasteiger partial charge on any atom is 0.171 e. The van der Waals surface area contributed by atoms with E-state index in [4.69, 9.17) is 12.2 Å². The molecule has 0 spiro atoms. The Morgan fingerprint density at radius 2 is 1.52 bits per heavy atom. The molecule has 0 aliphatic carbocycles. The molecule has 25 heavy (non-hydrogen) atoms. The predicted molar refractivity (Wildman–Crippen MR) is 105 cm³/mol. The fraction of sp³-hybridized carbons (Fsp3) is 0.0952. The molecular formula is C21H19FN2S. The maximum absolute atomic E-state index is 13.0. The zero-order valence-corrected chi connectivity index (χ0v) is 14.7. The van der Waals surface area contributed by atoms with Crippen LogP contribution >= 0.6 is 12.2 Å². The first-order valence-electron chi connectivity index (χ1n) is 8.07. The van der Waals surface area contributed by atoms with Crippen molar-refractivity contribution in [3.8, 4) is 0 Å². The van der Waals surface area contributed by atoms with Crippen LogP contribution in [0.4, 0.5) is 10.1 Å². The van der Waals surface area contributed by atoms with Gasteiger partial charge < -0.3 is 10.6 Å². The number of thiocarbonyl (C=S) groups is 1. The Hall–Kier alpha value is -2.72. The van der Waals surface area contributed by atoms with Gasteiger partial charge in [0.2, 0.25) is 0 Å². The first-order valence-corrected chi connectivity index (χ1v) is 8.48. The van der Waals surface area contributed by atoms with Gasteiger partial charge in [0.1, 0.15) is 5.82 Å². The van der Waals surface area contributed by atoms with Crippen LogP contribution < -0.4 is 10.6 Å². The number of benzene rings is 3. The summed E-state index contributed by atoms with van der Waals surface area (Å²) in [6.07, 6.45) is 0. The van der Waals surface area contributed by atoms with E-state index >= 15 is 0 Å². The van der Waals surface area contributed by atoms with E-state index in [-0.39, 0.29) is 11.9 Å². The number of nitrogens with one attached hydrogen (secondary N) is 2. The van der Waals surface area contributed by atoms with Crippen molar-refractivity contribution in [1.82, 2.24) is 5.32 Å². The Bertz CT molecular complexity index is 847. The lowest BCUT2D eigenvalue weighted by molar-refractivity contribution is 0.628. The van der Waals surface area contributed by atoms with E-state index in [1.165, 1.54) is 17.7 Å². The fourth-order valence-corrected chi connectivity index (χ4v) is 2.96. The summed E-state index contributed by atoms with van der Waals surface area (Å²) in [7, 11) is 0. The van der Waals surface area contributed by atoms with Crippen molar-refractivity contribution in [2.45, 2.75) is 13.0 Å². The SMILES string of the molecule is Cc1ccccc1[C@@H](NC(=S)Nc1ccc(F)cc1)c1ccccc1. The van der Waals surface area contributed by atoms with E-state index in [9.17, 15) is 4.39 Å². The molecule has 0 fully saturated rings. The Morgan fingerprint density at radius 1 is 0.880 bits per heavy atom. The third-order valence-corrected chi connectivity index (χ3v) is 4.23. The standard InChI is InChI=1S/C21H19FN2S/c1-15-7-5-6-10-19(15)20(16-8-3-2-4-9-16)24-21(25)23-18-13-11-17(22)12-14-18/h2-14,20H,1H3,(H2,23,24,25)/t20-/m0/s1. The largest absolute Gasteiger partial charge is 0.352 e. The van der Waals surface area contributed by atoms with Gasteiger partial charge in [-0.3, -0.25) is 0 Å². The molecule has 3 rings (SSSR count). The normalized spacial score (nSPS) is 11.6. The third kappa shape index (κ3) is 4.43. The lowest BCUT2D eigenvalue weighted by Gasteiger charge is -2.23. The second kappa shape index (κ2) is 7.90. The molecular weight excluding hydrogens is 331 g/mol. The highest BCUT2D eigenvalue weighted by molar-refractivity contribution is 7.80. The monoisotopic (exact) mass is 350 g/mol. The minimum atomic E-state index is -0.272. The molecule has 2 N–H and O–H groups in total. The van der Waals surface area contributed by atoms with Crippen molar-refractivity contribution in [1.29, 1.82) is 0 Å². The molecule has 0 saturated heterocycles. The highest BCUT2D eigenvalue weighted by Crippen LogP contribution is 2.25. The molecule has 2 nitrogen and oxygen atoms in total. The Labute approximate surface area is 152 Å². The Balaban J connectivity index is 1.84. The molecule has 0 amide bonds. The molecule has 3 aromatic carbocycles. The van der Waals surface area contributed by atoms with Crippen LogP contribution in [0.25, 0.3) is 0 Å². The number of anilines is 1. The summed E-state index contributed by atoms with van der Waals surface area (Å²) in [5.41, 5.74) is 4.22.